The van der Waals surface area contributed by atoms with Crippen LogP contribution in [-0.4, -0.2) is 39.8 Å². The molecule has 1 heterocycles. The van der Waals surface area contributed by atoms with Crippen molar-refractivity contribution in [1.29, 1.82) is 0 Å². The number of hydrogen-bond donors (Lipinski definition) is 1. The zero-order valence-corrected chi connectivity index (χ0v) is 28.3. The Labute approximate surface area is 273 Å². The van der Waals surface area contributed by atoms with E-state index >= 15 is 0 Å². The Morgan fingerprint density at radius 2 is 1.74 bits per heavy atom. The van der Waals surface area contributed by atoms with Crippen LogP contribution >= 0.6 is 0 Å². The summed E-state index contributed by atoms with van der Waals surface area (Å²) in [4.78, 5) is 23.5. The first kappa shape index (κ1) is 34.6. The van der Waals surface area contributed by atoms with E-state index in [-0.39, 0.29) is 25.7 Å². The Morgan fingerprint density at radius 3 is 2.46 bits per heavy atom. The minimum Gasteiger partial charge on any atom is -0.591 e. The van der Waals surface area contributed by atoms with Gasteiger partial charge in [0.1, 0.15) is 45.9 Å². The molecule has 1 unspecified atom stereocenters. The van der Waals surface area contributed by atoms with E-state index in [1.54, 1.807) is 0 Å². The van der Waals surface area contributed by atoms with Crippen LogP contribution in [0.1, 0.15) is 70.9 Å². The predicted molar refractivity (Wildman–Crippen MR) is 181 cm³/mol. The van der Waals surface area contributed by atoms with Gasteiger partial charge < -0.3 is 28.5 Å². The van der Waals surface area contributed by atoms with Crippen molar-refractivity contribution in [3.05, 3.63) is 89.2 Å². The molecule has 3 aromatic carbocycles. The summed E-state index contributed by atoms with van der Waals surface area (Å²) in [6.45, 7) is 13.3. The number of furan rings is 1. The number of para-hydroxylation sites is 1. The van der Waals surface area contributed by atoms with Gasteiger partial charge in [0.2, 0.25) is 0 Å². The van der Waals surface area contributed by atoms with Crippen LogP contribution in [0, 0.1) is 0 Å². The molecule has 0 fully saturated rings. The molecule has 4 rings (SSSR count). The number of benzene rings is 3. The third kappa shape index (κ3) is 10.1. The number of carbonyl (C=O) groups excluding carboxylic acids is 2. The molecule has 0 bridgehead atoms. The SMILES string of the molecule is CC(=O)OCCc1ccccc1OCc1cc(-c2cccc(CNC(=O)OC(C)(C)C)c2)c2oc(/C=N/[S+]([O-])C(C)(C)C)cc2c1. The standard InChI is InChI=1S/C36H42N2O7S/c1-24(39)42-16-15-27-12-8-9-14-32(27)43-23-26-18-29-20-30(22-38-46(41)36(5,6)7)44-33(29)31(19-26)28-13-10-11-25(17-28)21-37-34(40)45-35(2,3)4/h8-14,17-20,22H,15-16,21,23H2,1-7H3,(H,37,40)/b38-22+. The van der Waals surface area contributed by atoms with Crippen LogP contribution < -0.4 is 10.1 Å². The molecule has 0 radical (unpaired) electrons. The maximum Gasteiger partial charge on any atom is 0.407 e. The number of rotatable bonds is 11. The van der Waals surface area contributed by atoms with E-state index in [9.17, 15) is 14.1 Å². The van der Waals surface area contributed by atoms with Crippen LogP contribution in [0.5, 0.6) is 5.75 Å². The van der Waals surface area contributed by atoms with Gasteiger partial charge in [0, 0.05) is 30.8 Å². The fourth-order valence-corrected chi connectivity index (χ4v) is 5.02. The van der Waals surface area contributed by atoms with Crippen molar-refractivity contribution in [2.24, 2.45) is 4.40 Å². The fraction of sp³-hybridized carbons (Fsp3) is 0.361. The second-order valence-electron chi connectivity index (χ2n) is 12.8. The van der Waals surface area contributed by atoms with Gasteiger partial charge in [-0.2, -0.15) is 0 Å². The van der Waals surface area contributed by atoms with Crippen molar-refractivity contribution in [3.8, 4) is 16.9 Å². The van der Waals surface area contributed by atoms with Crippen LogP contribution in [-0.2, 0) is 45.2 Å². The first-order valence-corrected chi connectivity index (χ1v) is 16.2. The number of alkyl carbamates (subject to hydrolysis) is 1. The van der Waals surface area contributed by atoms with Crippen molar-refractivity contribution < 1.29 is 32.8 Å². The summed E-state index contributed by atoms with van der Waals surface area (Å²) >= 11 is -1.44. The maximum absolute atomic E-state index is 12.6. The summed E-state index contributed by atoms with van der Waals surface area (Å²) < 4.78 is 39.3. The van der Waals surface area contributed by atoms with Crippen molar-refractivity contribution in [2.45, 2.75) is 78.4 Å². The second kappa shape index (κ2) is 14.9. The maximum atomic E-state index is 12.6. The van der Waals surface area contributed by atoms with Crippen LogP contribution in [0.4, 0.5) is 4.79 Å². The minimum atomic E-state index is -1.44. The molecule has 1 atom stereocenters. The summed E-state index contributed by atoms with van der Waals surface area (Å²) in [5.41, 5.74) is 4.48. The third-order valence-electron chi connectivity index (χ3n) is 6.61. The molecule has 1 aromatic heterocycles. The largest absolute Gasteiger partial charge is 0.591 e. The van der Waals surface area contributed by atoms with Gasteiger partial charge in [-0.3, -0.25) is 4.79 Å². The van der Waals surface area contributed by atoms with Gasteiger partial charge in [0.15, 0.2) is 5.76 Å². The monoisotopic (exact) mass is 646 g/mol. The van der Waals surface area contributed by atoms with E-state index in [0.717, 1.165) is 33.2 Å². The van der Waals surface area contributed by atoms with E-state index in [0.29, 0.717) is 23.5 Å². The topological polar surface area (TPSA) is 122 Å². The molecule has 0 saturated carbocycles. The molecule has 0 saturated heterocycles. The highest BCUT2D eigenvalue weighted by Crippen LogP contribution is 2.34. The van der Waals surface area contributed by atoms with Crippen molar-refractivity contribution in [3.63, 3.8) is 0 Å². The molecule has 1 N–H and O–H groups in total. The first-order valence-electron chi connectivity index (χ1n) is 15.1. The predicted octanol–water partition coefficient (Wildman–Crippen LogP) is 7.69. The molecule has 0 spiro atoms. The molecule has 9 nitrogen and oxygen atoms in total. The highest BCUT2D eigenvalue weighted by molar-refractivity contribution is 7.91. The molecule has 0 aliphatic carbocycles. The highest BCUT2D eigenvalue weighted by atomic mass is 32.2. The molecule has 4 aromatic rings. The number of nitrogens with one attached hydrogen (secondary N) is 1. The zero-order valence-electron chi connectivity index (χ0n) is 27.5. The number of nitrogens with zero attached hydrogens (tertiary/aromatic N) is 1. The van der Waals surface area contributed by atoms with Crippen molar-refractivity contribution in [1.82, 2.24) is 5.32 Å². The van der Waals surface area contributed by atoms with Gasteiger partial charge in [0.05, 0.1) is 6.61 Å². The van der Waals surface area contributed by atoms with E-state index in [1.807, 2.05) is 108 Å². The van der Waals surface area contributed by atoms with Gasteiger partial charge in [0.25, 0.3) is 0 Å². The Morgan fingerprint density at radius 1 is 0.978 bits per heavy atom. The van der Waals surface area contributed by atoms with E-state index in [4.69, 9.17) is 18.6 Å². The van der Waals surface area contributed by atoms with Gasteiger partial charge in [-0.15, -0.1) is 0 Å². The Balaban J connectivity index is 1.65. The highest BCUT2D eigenvalue weighted by Gasteiger charge is 2.26. The smallest absolute Gasteiger partial charge is 0.407 e. The van der Waals surface area contributed by atoms with Gasteiger partial charge in [-0.05, 0) is 94.1 Å². The normalized spacial score (nSPS) is 12.7. The Kier molecular flexibility index (Phi) is 11.2. The van der Waals surface area contributed by atoms with Crippen molar-refractivity contribution in [2.75, 3.05) is 6.61 Å². The molecule has 244 valence electrons. The van der Waals surface area contributed by atoms with Gasteiger partial charge in [-0.1, -0.05) is 40.8 Å². The number of esters is 1. The molecule has 0 aliphatic rings. The lowest BCUT2D eigenvalue weighted by Gasteiger charge is -2.19. The number of hydrogen-bond acceptors (Lipinski definition) is 8. The van der Waals surface area contributed by atoms with E-state index < -0.39 is 27.8 Å². The van der Waals surface area contributed by atoms with Gasteiger partial charge in [-0.25, -0.2) is 4.79 Å². The van der Waals surface area contributed by atoms with Crippen LogP contribution in [0.25, 0.3) is 22.1 Å². The van der Waals surface area contributed by atoms with Crippen molar-refractivity contribution >= 4 is 40.6 Å². The summed E-state index contributed by atoms with van der Waals surface area (Å²) in [7, 11) is 0. The second-order valence-corrected chi connectivity index (χ2v) is 14.8. The lowest BCUT2D eigenvalue weighted by molar-refractivity contribution is -0.140. The number of fused-ring (bicyclic) bond motifs is 1. The summed E-state index contributed by atoms with van der Waals surface area (Å²) in [6, 6.07) is 21.4. The average Bonchev–Trinajstić information content (AvgIpc) is 3.39. The lowest BCUT2D eigenvalue weighted by Crippen LogP contribution is -2.32. The van der Waals surface area contributed by atoms with E-state index in [1.165, 1.54) is 13.1 Å². The summed E-state index contributed by atoms with van der Waals surface area (Å²) in [6.07, 6.45) is 1.54. The number of amides is 1. The van der Waals surface area contributed by atoms with Crippen LogP contribution in [0.15, 0.2) is 75.5 Å². The summed E-state index contributed by atoms with van der Waals surface area (Å²) in [5, 5.41) is 3.65. The molecular formula is C36H42N2O7S. The van der Waals surface area contributed by atoms with Crippen LogP contribution in [0.3, 0.4) is 0 Å². The quantitative estimate of drug-likeness (QED) is 0.101. The summed E-state index contributed by atoms with van der Waals surface area (Å²) in [5.74, 6) is 0.861. The number of carbonyl (C=O) groups is 2. The van der Waals surface area contributed by atoms with Crippen LogP contribution in [0.2, 0.25) is 0 Å². The Hall–Kier alpha value is -4.28. The molecule has 1 amide bonds. The lowest BCUT2D eigenvalue weighted by atomic mass is 9.99. The van der Waals surface area contributed by atoms with Gasteiger partial charge >= 0.3 is 12.1 Å². The minimum absolute atomic E-state index is 0.268. The average molecular weight is 647 g/mol. The molecular weight excluding hydrogens is 604 g/mol. The van der Waals surface area contributed by atoms with E-state index in [2.05, 4.69) is 9.71 Å². The zero-order chi connectivity index (χ0) is 33.5. The number of ether oxygens (including phenoxy) is 3. The Bertz CT molecular complexity index is 1700. The molecule has 10 heteroatoms. The molecule has 46 heavy (non-hydrogen) atoms. The fourth-order valence-electron chi connectivity index (χ4n) is 4.51. The first-order chi connectivity index (χ1) is 21.7. The third-order valence-corrected chi connectivity index (χ3v) is 7.96. The molecule has 0 aliphatic heterocycles.